The summed E-state index contributed by atoms with van der Waals surface area (Å²) in [7, 11) is 0. The van der Waals surface area contributed by atoms with E-state index in [1.54, 1.807) is 0 Å². The van der Waals surface area contributed by atoms with E-state index >= 15 is 0 Å². The summed E-state index contributed by atoms with van der Waals surface area (Å²) in [5, 5.41) is 9.56. The number of hydrogen-bond donors (Lipinski definition) is 0. The molecule has 3 heteroatoms. The average Bonchev–Trinajstić information content (AvgIpc) is 3.70. The smallest absolute Gasteiger partial charge is 0.144 e. The number of hydrogen-bond acceptors (Lipinski definition) is 3. The van der Waals surface area contributed by atoms with Crippen LogP contribution in [0.25, 0.3) is 74.8 Å². The molecule has 0 aliphatic carbocycles. The van der Waals surface area contributed by atoms with Gasteiger partial charge in [0.1, 0.15) is 11.2 Å². The van der Waals surface area contributed by atoms with Crippen LogP contribution in [0.15, 0.2) is 168 Å². The van der Waals surface area contributed by atoms with Crippen LogP contribution in [0, 0.1) is 0 Å². The molecule has 0 fully saturated rings. The standard InChI is InChI=1S/C44H27NOS/c1-2-10-28(11-3-1)29-20-22-33(23-21-29)45(38-18-8-15-30-12-6-7-16-34(30)38)39-19-9-17-36-42-41(47-44(36)39)25-24-35-37-26-31-13-4-5-14-32(31)27-40(37)46-43(35)42/h1-27H. The molecule has 10 rings (SSSR count). The first kappa shape index (κ1) is 26.3. The molecule has 47 heavy (non-hydrogen) atoms. The quantitative estimate of drug-likeness (QED) is 0.195. The third-order valence-electron chi connectivity index (χ3n) is 9.43. The number of fused-ring (bicyclic) bond motifs is 9. The Morgan fingerprint density at radius 2 is 1.11 bits per heavy atom. The highest BCUT2D eigenvalue weighted by molar-refractivity contribution is 7.26. The zero-order valence-corrected chi connectivity index (χ0v) is 26.2. The number of furan rings is 1. The summed E-state index contributed by atoms with van der Waals surface area (Å²) in [4.78, 5) is 2.43. The normalized spacial score (nSPS) is 11.8. The summed E-state index contributed by atoms with van der Waals surface area (Å²) in [6.07, 6.45) is 0. The first-order valence-corrected chi connectivity index (χ1v) is 16.7. The third kappa shape index (κ3) is 4.10. The van der Waals surface area contributed by atoms with Crippen molar-refractivity contribution in [1.29, 1.82) is 0 Å². The Morgan fingerprint density at radius 1 is 0.447 bits per heavy atom. The van der Waals surface area contributed by atoms with Crippen molar-refractivity contribution >= 4 is 92.1 Å². The van der Waals surface area contributed by atoms with Crippen LogP contribution in [0.3, 0.4) is 0 Å². The minimum atomic E-state index is 0.928. The Hall–Kier alpha value is -5.90. The van der Waals surface area contributed by atoms with Crippen LogP contribution in [0.4, 0.5) is 17.1 Å². The lowest BCUT2D eigenvalue weighted by molar-refractivity contribution is 0.673. The number of thiophene rings is 1. The van der Waals surface area contributed by atoms with Gasteiger partial charge in [0.2, 0.25) is 0 Å². The fourth-order valence-electron chi connectivity index (χ4n) is 7.21. The van der Waals surface area contributed by atoms with Crippen LogP contribution in [-0.2, 0) is 0 Å². The van der Waals surface area contributed by atoms with Gasteiger partial charge < -0.3 is 9.32 Å². The van der Waals surface area contributed by atoms with Crippen LogP contribution in [-0.4, -0.2) is 0 Å². The first-order valence-electron chi connectivity index (χ1n) is 15.9. The van der Waals surface area contributed by atoms with Crippen LogP contribution < -0.4 is 4.90 Å². The highest BCUT2D eigenvalue weighted by Crippen LogP contribution is 2.49. The molecule has 10 aromatic rings. The van der Waals surface area contributed by atoms with Crippen molar-refractivity contribution in [2.45, 2.75) is 0 Å². The maximum Gasteiger partial charge on any atom is 0.144 e. The monoisotopic (exact) mass is 617 g/mol. The van der Waals surface area contributed by atoms with Gasteiger partial charge in [-0.1, -0.05) is 115 Å². The van der Waals surface area contributed by atoms with Crippen molar-refractivity contribution in [3.8, 4) is 11.1 Å². The fraction of sp³-hybridized carbons (Fsp3) is 0. The van der Waals surface area contributed by atoms with Gasteiger partial charge in [-0.25, -0.2) is 0 Å². The summed E-state index contributed by atoms with van der Waals surface area (Å²) in [6, 6.07) is 58.9. The highest BCUT2D eigenvalue weighted by atomic mass is 32.1. The van der Waals surface area contributed by atoms with E-state index in [2.05, 4.69) is 169 Å². The van der Waals surface area contributed by atoms with Crippen molar-refractivity contribution in [3.05, 3.63) is 164 Å². The molecular weight excluding hydrogens is 591 g/mol. The van der Waals surface area contributed by atoms with Gasteiger partial charge in [-0.2, -0.15) is 0 Å². The maximum absolute atomic E-state index is 6.72. The molecular formula is C44H27NOS. The van der Waals surface area contributed by atoms with Crippen molar-refractivity contribution < 1.29 is 4.42 Å². The van der Waals surface area contributed by atoms with Crippen LogP contribution in [0.5, 0.6) is 0 Å². The number of benzene rings is 8. The molecule has 0 unspecified atom stereocenters. The van der Waals surface area contributed by atoms with Gasteiger partial charge in [0, 0.05) is 37.3 Å². The molecule has 0 bridgehead atoms. The van der Waals surface area contributed by atoms with Gasteiger partial charge in [0.25, 0.3) is 0 Å². The molecule has 8 aromatic carbocycles. The van der Waals surface area contributed by atoms with E-state index in [9.17, 15) is 0 Å². The molecule has 0 saturated heterocycles. The summed E-state index contributed by atoms with van der Waals surface area (Å²) < 4.78 is 9.18. The molecule has 0 spiro atoms. The molecule has 2 nitrogen and oxygen atoms in total. The van der Waals surface area contributed by atoms with Crippen LogP contribution >= 0.6 is 11.3 Å². The predicted octanol–water partition coefficient (Wildman–Crippen LogP) is 13.4. The van der Waals surface area contributed by atoms with Crippen molar-refractivity contribution in [2.75, 3.05) is 4.90 Å². The molecule has 220 valence electrons. The Balaban J connectivity index is 1.23. The van der Waals surface area contributed by atoms with E-state index in [4.69, 9.17) is 4.42 Å². The van der Waals surface area contributed by atoms with Gasteiger partial charge in [-0.05, 0) is 75.8 Å². The summed E-state index contributed by atoms with van der Waals surface area (Å²) in [5.41, 5.74) is 7.73. The number of anilines is 3. The van der Waals surface area contributed by atoms with E-state index in [1.807, 2.05) is 11.3 Å². The van der Waals surface area contributed by atoms with Crippen molar-refractivity contribution in [2.24, 2.45) is 0 Å². The summed E-state index contributed by atoms with van der Waals surface area (Å²) >= 11 is 1.84. The Morgan fingerprint density at radius 3 is 1.96 bits per heavy atom. The summed E-state index contributed by atoms with van der Waals surface area (Å²) in [6.45, 7) is 0. The molecule has 0 atom stereocenters. The minimum Gasteiger partial charge on any atom is -0.455 e. The van der Waals surface area contributed by atoms with Gasteiger partial charge >= 0.3 is 0 Å². The SMILES string of the molecule is c1ccc(-c2ccc(N(c3cccc4ccccc34)c3cccc4c3sc3ccc5c6cc7ccccc7cc6oc5c34)cc2)cc1. The maximum atomic E-state index is 6.72. The van der Waals surface area contributed by atoms with Crippen LogP contribution in [0.1, 0.15) is 0 Å². The molecule has 0 radical (unpaired) electrons. The molecule has 2 aromatic heterocycles. The molecule has 0 aliphatic rings. The van der Waals surface area contributed by atoms with E-state index in [0.717, 1.165) is 39.0 Å². The Bertz CT molecular complexity index is 2790. The van der Waals surface area contributed by atoms with Crippen molar-refractivity contribution in [1.82, 2.24) is 0 Å². The van der Waals surface area contributed by atoms with Crippen LogP contribution in [0.2, 0.25) is 0 Å². The van der Waals surface area contributed by atoms with E-state index in [0.29, 0.717) is 0 Å². The second-order valence-corrected chi connectivity index (χ2v) is 13.2. The largest absolute Gasteiger partial charge is 0.455 e. The minimum absolute atomic E-state index is 0.928. The number of nitrogens with zero attached hydrogens (tertiary/aromatic N) is 1. The van der Waals surface area contributed by atoms with E-state index in [1.165, 1.54) is 52.8 Å². The lowest BCUT2D eigenvalue weighted by Crippen LogP contribution is -2.10. The van der Waals surface area contributed by atoms with Gasteiger partial charge in [0.05, 0.1) is 16.1 Å². The second kappa shape index (κ2) is 10.3. The van der Waals surface area contributed by atoms with Gasteiger partial charge in [-0.3, -0.25) is 0 Å². The molecule has 0 aliphatic heterocycles. The second-order valence-electron chi connectivity index (χ2n) is 12.1. The fourth-order valence-corrected chi connectivity index (χ4v) is 8.41. The highest BCUT2D eigenvalue weighted by Gasteiger charge is 2.22. The zero-order valence-electron chi connectivity index (χ0n) is 25.4. The first-order chi connectivity index (χ1) is 23.3. The summed E-state index contributed by atoms with van der Waals surface area (Å²) in [5.74, 6) is 0. The lowest BCUT2D eigenvalue weighted by atomic mass is 10.0. The zero-order chi connectivity index (χ0) is 30.9. The molecule has 0 saturated carbocycles. The predicted molar refractivity (Wildman–Crippen MR) is 202 cm³/mol. The van der Waals surface area contributed by atoms with Gasteiger partial charge in [0.15, 0.2) is 0 Å². The van der Waals surface area contributed by atoms with Crippen molar-refractivity contribution in [3.63, 3.8) is 0 Å². The lowest BCUT2D eigenvalue weighted by Gasteiger charge is -2.27. The van der Waals surface area contributed by atoms with Gasteiger partial charge in [-0.15, -0.1) is 11.3 Å². The topological polar surface area (TPSA) is 16.4 Å². The molecule has 2 heterocycles. The van der Waals surface area contributed by atoms with E-state index < -0.39 is 0 Å². The average molecular weight is 618 g/mol. The third-order valence-corrected chi connectivity index (χ3v) is 10.6. The molecule has 0 amide bonds. The van der Waals surface area contributed by atoms with E-state index in [-0.39, 0.29) is 0 Å². The Kier molecular flexibility index (Phi) is 5.78. The number of rotatable bonds is 4. The Labute approximate surface area is 275 Å². The molecule has 0 N–H and O–H groups in total.